The molecule has 1 heterocycles. The van der Waals surface area contributed by atoms with Gasteiger partial charge in [0.2, 0.25) is 0 Å². The number of hydrogen-bond acceptors (Lipinski definition) is 3. The fraction of sp³-hybridized carbons (Fsp3) is 0.588. The Morgan fingerprint density at radius 1 is 1.46 bits per heavy atom. The number of aliphatic imine (C=N–C) groups is 1. The second-order valence-corrected chi connectivity index (χ2v) is 6.79. The Balaban J connectivity index is 0.00000288. The highest BCUT2D eigenvalue weighted by Crippen LogP contribution is 2.18. The molecule has 1 aliphatic heterocycles. The molecule has 2 unspecified atom stereocenters. The molecule has 1 saturated heterocycles. The van der Waals surface area contributed by atoms with Crippen molar-refractivity contribution in [1.82, 2.24) is 10.6 Å². The first kappa shape index (κ1) is 21.3. The highest BCUT2D eigenvalue weighted by atomic mass is 127. The minimum absolute atomic E-state index is 0. The van der Waals surface area contributed by atoms with Gasteiger partial charge >= 0.3 is 0 Å². The van der Waals surface area contributed by atoms with Crippen LogP contribution in [0.5, 0.6) is 5.75 Å². The fourth-order valence-electron chi connectivity index (χ4n) is 2.38. The van der Waals surface area contributed by atoms with Crippen LogP contribution < -0.4 is 15.4 Å². The van der Waals surface area contributed by atoms with Crippen molar-refractivity contribution in [3.63, 3.8) is 0 Å². The number of nitrogens with one attached hydrogen (secondary N) is 2. The summed E-state index contributed by atoms with van der Waals surface area (Å²) in [6.45, 7) is 5.24. The van der Waals surface area contributed by atoms with E-state index in [-0.39, 0.29) is 41.6 Å². The third kappa shape index (κ3) is 7.46. The number of rotatable bonds is 6. The number of para-hydroxylation sites is 1. The van der Waals surface area contributed by atoms with E-state index in [1.165, 1.54) is 24.7 Å². The molecule has 1 aromatic carbocycles. The van der Waals surface area contributed by atoms with Crippen LogP contribution in [-0.2, 0) is 0 Å². The van der Waals surface area contributed by atoms with Crippen LogP contribution >= 0.6 is 35.7 Å². The number of halogens is 2. The standard InChI is InChI=1S/C17H26FN3OS.HI/c1-3-19-17(21-14-7-6-10-23-12-14)20-11-13(2)22-16-9-5-4-8-15(16)18;/h4-5,8-9,13-14H,3,6-7,10-12H2,1-2H3,(H2,19,20,21);1H. The minimum atomic E-state index is -0.340. The van der Waals surface area contributed by atoms with E-state index >= 15 is 0 Å². The van der Waals surface area contributed by atoms with E-state index in [1.807, 2.05) is 25.6 Å². The van der Waals surface area contributed by atoms with Gasteiger partial charge in [-0.3, -0.25) is 0 Å². The van der Waals surface area contributed by atoms with Crippen LogP contribution in [0.2, 0.25) is 0 Å². The maximum absolute atomic E-state index is 13.6. The van der Waals surface area contributed by atoms with Crippen molar-refractivity contribution in [2.75, 3.05) is 24.6 Å². The van der Waals surface area contributed by atoms with Crippen molar-refractivity contribution in [1.29, 1.82) is 0 Å². The Bertz CT molecular complexity index is 512. The van der Waals surface area contributed by atoms with Crippen LogP contribution in [0.15, 0.2) is 29.3 Å². The van der Waals surface area contributed by atoms with Gasteiger partial charge in [-0.15, -0.1) is 24.0 Å². The molecule has 1 aromatic rings. The second kappa shape index (κ2) is 11.8. The Labute approximate surface area is 165 Å². The molecular formula is C17H27FIN3OS. The van der Waals surface area contributed by atoms with E-state index < -0.39 is 0 Å². The molecule has 0 spiro atoms. The summed E-state index contributed by atoms with van der Waals surface area (Å²) in [4.78, 5) is 4.57. The molecule has 1 aliphatic rings. The van der Waals surface area contributed by atoms with Crippen molar-refractivity contribution in [3.8, 4) is 5.75 Å². The van der Waals surface area contributed by atoms with Gasteiger partial charge in [-0.1, -0.05) is 12.1 Å². The van der Waals surface area contributed by atoms with Gasteiger partial charge in [-0.25, -0.2) is 9.38 Å². The quantitative estimate of drug-likeness (QED) is 0.381. The average Bonchev–Trinajstić information content (AvgIpc) is 2.56. The molecule has 0 amide bonds. The van der Waals surface area contributed by atoms with E-state index in [1.54, 1.807) is 18.2 Å². The third-order valence-electron chi connectivity index (χ3n) is 3.52. The Morgan fingerprint density at radius 2 is 2.25 bits per heavy atom. The van der Waals surface area contributed by atoms with Gasteiger partial charge in [0.25, 0.3) is 0 Å². The first-order valence-electron chi connectivity index (χ1n) is 8.22. The normalized spacial score (nSPS) is 19.1. The Morgan fingerprint density at radius 3 is 2.92 bits per heavy atom. The van der Waals surface area contributed by atoms with Crippen LogP contribution in [0.1, 0.15) is 26.7 Å². The van der Waals surface area contributed by atoms with E-state index in [9.17, 15) is 4.39 Å². The van der Waals surface area contributed by atoms with Crippen molar-refractivity contribution in [3.05, 3.63) is 30.1 Å². The summed E-state index contributed by atoms with van der Waals surface area (Å²) in [6, 6.07) is 6.92. The number of guanidine groups is 1. The minimum Gasteiger partial charge on any atom is -0.486 e. The van der Waals surface area contributed by atoms with Crippen molar-refractivity contribution >= 4 is 41.7 Å². The van der Waals surface area contributed by atoms with Gasteiger partial charge < -0.3 is 15.4 Å². The van der Waals surface area contributed by atoms with Crippen molar-refractivity contribution in [2.24, 2.45) is 4.99 Å². The zero-order chi connectivity index (χ0) is 16.5. The first-order valence-corrected chi connectivity index (χ1v) is 9.38. The van der Waals surface area contributed by atoms with Crippen LogP contribution in [0, 0.1) is 5.82 Å². The molecule has 0 saturated carbocycles. The third-order valence-corrected chi connectivity index (χ3v) is 4.73. The van der Waals surface area contributed by atoms with Crippen LogP contribution in [0.4, 0.5) is 4.39 Å². The predicted molar refractivity (Wildman–Crippen MR) is 111 cm³/mol. The number of thioether (sulfide) groups is 1. The molecule has 2 N–H and O–H groups in total. The first-order chi connectivity index (χ1) is 11.2. The maximum atomic E-state index is 13.6. The molecule has 0 radical (unpaired) electrons. The van der Waals surface area contributed by atoms with Crippen LogP contribution in [0.3, 0.4) is 0 Å². The van der Waals surface area contributed by atoms with Crippen LogP contribution in [-0.4, -0.2) is 42.7 Å². The number of benzene rings is 1. The summed E-state index contributed by atoms with van der Waals surface area (Å²) in [7, 11) is 0. The summed E-state index contributed by atoms with van der Waals surface area (Å²) in [6.07, 6.45) is 2.23. The lowest BCUT2D eigenvalue weighted by Gasteiger charge is -2.25. The van der Waals surface area contributed by atoms with E-state index in [2.05, 4.69) is 15.6 Å². The zero-order valence-electron chi connectivity index (χ0n) is 14.3. The summed E-state index contributed by atoms with van der Waals surface area (Å²) >= 11 is 1.98. The maximum Gasteiger partial charge on any atom is 0.191 e. The number of nitrogens with zero attached hydrogens (tertiary/aromatic N) is 1. The number of ether oxygens (including phenoxy) is 1. The van der Waals surface area contributed by atoms with Gasteiger partial charge in [0.05, 0.1) is 6.54 Å². The summed E-state index contributed by atoms with van der Waals surface area (Å²) in [5.41, 5.74) is 0. The summed E-state index contributed by atoms with van der Waals surface area (Å²) < 4.78 is 19.2. The van der Waals surface area contributed by atoms with E-state index in [4.69, 9.17) is 4.74 Å². The largest absolute Gasteiger partial charge is 0.486 e. The van der Waals surface area contributed by atoms with Gasteiger partial charge in [-0.2, -0.15) is 11.8 Å². The van der Waals surface area contributed by atoms with Crippen molar-refractivity contribution in [2.45, 2.75) is 38.8 Å². The lowest BCUT2D eigenvalue weighted by Crippen LogP contribution is -2.45. The lowest BCUT2D eigenvalue weighted by atomic mass is 10.2. The molecule has 4 nitrogen and oxygen atoms in total. The molecular weight excluding hydrogens is 440 g/mol. The van der Waals surface area contributed by atoms with Crippen molar-refractivity contribution < 1.29 is 9.13 Å². The molecule has 1 fully saturated rings. The van der Waals surface area contributed by atoms with Gasteiger partial charge in [0.15, 0.2) is 17.5 Å². The second-order valence-electron chi connectivity index (χ2n) is 5.64. The fourth-order valence-corrected chi connectivity index (χ4v) is 3.45. The zero-order valence-corrected chi connectivity index (χ0v) is 17.4. The van der Waals surface area contributed by atoms with Gasteiger partial charge in [0.1, 0.15) is 6.10 Å². The molecule has 2 rings (SSSR count). The Kier molecular flexibility index (Phi) is 10.5. The van der Waals surface area contributed by atoms with E-state index in [0.717, 1.165) is 18.3 Å². The summed E-state index contributed by atoms with van der Waals surface area (Å²) in [5, 5.41) is 6.74. The number of hydrogen-bond donors (Lipinski definition) is 2. The lowest BCUT2D eigenvalue weighted by molar-refractivity contribution is 0.220. The van der Waals surface area contributed by atoms with Gasteiger partial charge in [0, 0.05) is 18.3 Å². The van der Waals surface area contributed by atoms with Gasteiger partial charge in [-0.05, 0) is 44.6 Å². The monoisotopic (exact) mass is 467 g/mol. The summed E-state index contributed by atoms with van der Waals surface area (Å²) in [5.74, 6) is 3.11. The highest BCUT2D eigenvalue weighted by Gasteiger charge is 2.15. The smallest absolute Gasteiger partial charge is 0.191 e. The molecule has 136 valence electrons. The average molecular weight is 467 g/mol. The molecule has 2 atom stereocenters. The molecule has 24 heavy (non-hydrogen) atoms. The predicted octanol–water partition coefficient (Wildman–Crippen LogP) is 3.66. The molecule has 0 aromatic heterocycles. The van der Waals surface area contributed by atoms with Crippen LogP contribution in [0.25, 0.3) is 0 Å². The van der Waals surface area contributed by atoms with E-state index in [0.29, 0.717) is 12.6 Å². The highest BCUT2D eigenvalue weighted by molar-refractivity contribution is 14.0. The molecule has 0 bridgehead atoms. The SMILES string of the molecule is CCNC(=NCC(C)Oc1ccccc1F)NC1CCCSC1.I. The Hall–Kier alpha value is -0.700. The molecule has 7 heteroatoms. The molecule has 0 aliphatic carbocycles. The topological polar surface area (TPSA) is 45.7 Å².